The van der Waals surface area contributed by atoms with E-state index in [-0.39, 0.29) is 5.69 Å². The van der Waals surface area contributed by atoms with Crippen molar-refractivity contribution in [1.82, 2.24) is 4.98 Å². The van der Waals surface area contributed by atoms with Crippen molar-refractivity contribution in [2.75, 3.05) is 11.5 Å². The SMILES string of the molecule is Nc1ccc(N)c(CCc2cc3ccccc3[nH]2)c1F. The quantitative estimate of drug-likeness (QED) is 0.639. The van der Waals surface area contributed by atoms with Crippen molar-refractivity contribution in [3.63, 3.8) is 0 Å². The minimum absolute atomic E-state index is 0.144. The first kappa shape index (κ1) is 12.5. The molecular weight excluding hydrogens is 253 g/mol. The third-order valence-electron chi connectivity index (χ3n) is 3.54. The standard InChI is InChI=1S/C16H16FN3/c17-16-12(13(18)7-8-14(16)19)6-5-11-9-10-3-1-2-4-15(10)20-11/h1-4,7-9,20H,5-6,18-19H2. The van der Waals surface area contributed by atoms with Gasteiger partial charge < -0.3 is 16.5 Å². The van der Waals surface area contributed by atoms with Crippen molar-refractivity contribution >= 4 is 22.3 Å². The molecule has 3 aromatic rings. The van der Waals surface area contributed by atoms with Gasteiger partial charge in [-0.2, -0.15) is 0 Å². The zero-order valence-corrected chi connectivity index (χ0v) is 11.0. The molecule has 1 heterocycles. The average molecular weight is 269 g/mol. The van der Waals surface area contributed by atoms with Crippen LogP contribution in [0.2, 0.25) is 0 Å². The third-order valence-corrected chi connectivity index (χ3v) is 3.54. The number of rotatable bonds is 3. The Hall–Kier alpha value is -2.49. The smallest absolute Gasteiger partial charge is 0.151 e. The Morgan fingerprint density at radius 3 is 2.50 bits per heavy atom. The maximum absolute atomic E-state index is 14.0. The molecule has 5 N–H and O–H groups in total. The van der Waals surface area contributed by atoms with Gasteiger partial charge in [0.05, 0.1) is 5.69 Å². The highest BCUT2D eigenvalue weighted by atomic mass is 19.1. The second-order valence-corrected chi connectivity index (χ2v) is 4.92. The summed E-state index contributed by atoms with van der Waals surface area (Å²) in [6.07, 6.45) is 1.22. The summed E-state index contributed by atoms with van der Waals surface area (Å²) in [5.74, 6) is -0.402. The number of benzene rings is 2. The molecule has 3 rings (SSSR count). The van der Waals surface area contributed by atoms with Gasteiger partial charge in [-0.05, 0) is 42.5 Å². The van der Waals surface area contributed by atoms with Crippen LogP contribution in [0, 0.1) is 5.82 Å². The number of aryl methyl sites for hydroxylation is 1. The van der Waals surface area contributed by atoms with Crippen molar-refractivity contribution in [2.24, 2.45) is 0 Å². The molecular formula is C16H16FN3. The Bertz CT molecular complexity index is 729. The Morgan fingerprint density at radius 2 is 1.70 bits per heavy atom. The molecule has 0 aliphatic heterocycles. The number of hydrogen-bond donors (Lipinski definition) is 3. The maximum Gasteiger partial charge on any atom is 0.151 e. The van der Waals surface area contributed by atoms with Crippen LogP contribution in [0.3, 0.4) is 0 Å². The number of hydrogen-bond acceptors (Lipinski definition) is 2. The van der Waals surface area contributed by atoms with E-state index in [0.717, 1.165) is 16.6 Å². The van der Waals surface area contributed by atoms with Crippen LogP contribution in [0.25, 0.3) is 10.9 Å². The normalized spacial score (nSPS) is 11.1. The lowest BCUT2D eigenvalue weighted by Crippen LogP contribution is -2.04. The molecule has 102 valence electrons. The lowest BCUT2D eigenvalue weighted by atomic mass is 10.0. The minimum Gasteiger partial charge on any atom is -0.398 e. The summed E-state index contributed by atoms with van der Waals surface area (Å²) in [6, 6.07) is 13.3. The van der Waals surface area contributed by atoms with Crippen molar-refractivity contribution in [3.05, 3.63) is 59.5 Å². The summed E-state index contributed by atoms with van der Waals surface area (Å²) >= 11 is 0. The van der Waals surface area contributed by atoms with Crippen molar-refractivity contribution < 1.29 is 4.39 Å². The van der Waals surface area contributed by atoms with E-state index in [9.17, 15) is 4.39 Å². The van der Waals surface area contributed by atoms with Gasteiger partial charge in [0.15, 0.2) is 5.82 Å². The first-order valence-electron chi connectivity index (χ1n) is 6.54. The van der Waals surface area contributed by atoms with Crippen LogP contribution >= 0.6 is 0 Å². The van der Waals surface area contributed by atoms with Crippen LogP contribution in [0.1, 0.15) is 11.3 Å². The Balaban J connectivity index is 1.84. The number of nitrogens with one attached hydrogen (secondary N) is 1. The predicted molar refractivity (Wildman–Crippen MR) is 80.9 cm³/mol. The fourth-order valence-electron chi connectivity index (χ4n) is 2.44. The van der Waals surface area contributed by atoms with E-state index in [0.29, 0.717) is 24.1 Å². The van der Waals surface area contributed by atoms with Crippen molar-refractivity contribution in [3.8, 4) is 0 Å². The number of H-pyrrole nitrogens is 1. The lowest BCUT2D eigenvalue weighted by Gasteiger charge is -2.08. The molecule has 0 aliphatic rings. The summed E-state index contributed by atoms with van der Waals surface area (Å²) in [7, 11) is 0. The molecule has 0 atom stereocenters. The molecule has 2 aromatic carbocycles. The van der Waals surface area contributed by atoms with E-state index < -0.39 is 5.82 Å². The van der Waals surface area contributed by atoms with E-state index in [1.807, 2.05) is 24.3 Å². The van der Waals surface area contributed by atoms with Crippen LogP contribution in [0.15, 0.2) is 42.5 Å². The third kappa shape index (κ3) is 2.20. The zero-order chi connectivity index (χ0) is 14.1. The fraction of sp³-hybridized carbons (Fsp3) is 0.125. The number of para-hydroxylation sites is 1. The topological polar surface area (TPSA) is 67.8 Å². The summed E-state index contributed by atoms with van der Waals surface area (Å²) < 4.78 is 14.0. The van der Waals surface area contributed by atoms with E-state index in [1.165, 1.54) is 6.07 Å². The number of nitrogen functional groups attached to an aromatic ring is 2. The lowest BCUT2D eigenvalue weighted by molar-refractivity contribution is 0.614. The highest BCUT2D eigenvalue weighted by molar-refractivity contribution is 5.80. The van der Waals surface area contributed by atoms with Crippen LogP contribution in [-0.2, 0) is 12.8 Å². The van der Waals surface area contributed by atoms with E-state index in [2.05, 4.69) is 11.1 Å². The van der Waals surface area contributed by atoms with E-state index >= 15 is 0 Å². The molecule has 0 spiro atoms. The maximum atomic E-state index is 14.0. The van der Waals surface area contributed by atoms with Crippen LogP contribution in [0.5, 0.6) is 0 Å². The molecule has 0 aliphatic carbocycles. The Labute approximate surface area is 116 Å². The molecule has 0 unspecified atom stereocenters. The van der Waals surface area contributed by atoms with Gasteiger partial charge in [0, 0.05) is 22.5 Å². The van der Waals surface area contributed by atoms with Gasteiger partial charge in [-0.15, -0.1) is 0 Å². The summed E-state index contributed by atoms with van der Waals surface area (Å²) in [4.78, 5) is 3.32. The first-order chi connectivity index (χ1) is 9.65. The molecule has 0 saturated heterocycles. The number of fused-ring (bicyclic) bond motifs is 1. The summed E-state index contributed by atoms with van der Waals surface area (Å²) in [6.45, 7) is 0. The van der Waals surface area contributed by atoms with Gasteiger partial charge in [-0.1, -0.05) is 18.2 Å². The molecule has 4 heteroatoms. The van der Waals surface area contributed by atoms with Gasteiger partial charge >= 0.3 is 0 Å². The molecule has 0 radical (unpaired) electrons. The zero-order valence-electron chi connectivity index (χ0n) is 11.0. The molecule has 1 aromatic heterocycles. The largest absolute Gasteiger partial charge is 0.398 e. The van der Waals surface area contributed by atoms with Gasteiger partial charge in [-0.25, -0.2) is 4.39 Å². The molecule has 0 saturated carbocycles. The molecule has 20 heavy (non-hydrogen) atoms. The summed E-state index contributed by atoms with van der Waals surface area (Å²) in [5.41, 5.74) is 14.6. The Kier molecular flexibility index (Phi) is 3.06. The van der Waals surface area contributed by atoms with E-state index in [1.54, 1.807) is 6.07 Å². The van der Waals surface area contributed by atoms with E-state index in [4.69, 9.17) is 11.5 Å². The molecule has 3 nitrogen and oxygen atoms in total. The molecule has 0 amide bonds. The first-order valence-corrected chi connectivity index (χ1v) is 6.54. The molecule has 0 bridgehead atoms. The predicted octanol–water partition coefficient (Wildman–Crippen LogP) is 3.26. The number of aromatic nitrogens is 1. The number of aromatic amines is 1. The highest BCUT2D eigenvalue weighted by Crippen LogP contribution is 2.24. The van der Waals surface area contributed by atoms with Crippen molar-refractivity contribution in [2.45, 2.75) is 12.8 Å². The van der Waals surface area contributed by atoms with Crippen LogP contribution in [-0.4, -0.2) is 4.98 Å². The second-order valence-electron chi connectivity index (χ2n) is 4.92. The van der Waals surface area contributed by atoms with Gasteiger partial charge in [0.25, 0.3) is 0 Å². The summed E-state index contributed by atoms with van der Waals surface area (Å²) in [5, 5.41) is 1.16. The van der Waals surface area contributed by atoms with Gasteiger partial charge in [-0.3, -0.25) is 0 Å². The van der Waals surface area contributed by atoms with Crippen LogP contribution in [0.4, 0.5) is 15.8 Å². The fourth-order valence-corrected chi connectivity index (χ4v) is 2.44. The minimum atomic E-state index is -0.402. The number of nitrogens with two attached hydrogens (primary N) is 2. The average Bonchev–Trinajstić information content (AvgIpc) is 2.86. The van der Waals surface area contributed by atoms with Crippen LogP contribution < -0.4 is 11.5 Å². The monoisotopic (exact) mass is 269 g/mol. The Morgan fingerprint density at radius 1 is 0.950 bits per heavy atom. The van der Waals surface area contributed by atoms with Gasteiger partial charge in [0.1, 0.15) is 0 Å². The second kappa shape index (κ2) is 4.89. The number of anilines is 2. The number of halogens is 1. The van der Waals surface area contributed by atoms with Gasteiger partial charge in [0.2, 0.25) is 0 Å². The highest BCUT2D eigenvalue weighted by Gasteiger charge is 2.10. The van der Waals surface area contributed by atoms with Crippen molar-refractivity contribution in [1.29, 1.82) is 0 Å². The molecule has 0 fully saturated rings.